The molecule has 0 aliphatic carbocycles. The van der Waals surface area contributed by atoms with Gasteiger partial charge in [-0.05, 0) is 19.1 Å². The molecule has 0 spiro atoms. The maximum absolute atomic E-state index is 13.1. The number of hydrogen-bond donors (Lipinski definition) is 3. The van der Waals surface area contributed by atoms with Crippen LogP contribution in [0.1, 0.15) is 6.92 Å². The van der Waals surface area contributed by atoms with Crippen LogP contribution in [0.15, 0.2) is 18.2 Å². The van der Waals surface area contributed by atoms with Crippen molar-refractivity contribution in [3.05, 3.63) is 29.8 Å². The fourth-order valence-corrected chi connectivity index (χ4v) is 0.998. The fraction of sp³-hybridized carbons (Fsp3) is 0.300. The van der Waals surface area contributed by atoms with Crippen LogP contribution in [-0.2, 0) is 0 Å². The summed E-state index contributed by atoms with van der Waals surface area (Å²) in [6.45, 7) is 1.55. The second-order valence-electron chi connectivity index (χ2n) is 3.31. The van der Waals surface area contributed by atoms with E-state index in [2.05, 4.69) is 10.6 Å². The fourth-order valence-electron chi connectivity index (χ4n) is 0.998. The molecule has 0 aromatic heterocycles. The van der Waals surface area contributed by atoms with Gasteiger partial charge in [0.1, 0.15) is 11.6 Å². The maximum atomic E-state index is 13.1. The molecule has 0 bridgehead atoms. The molecular weight excluding hydrogens is 218 g/mol. The first-order valence-corrected chi connectivity index (χ1v) is 4.67. The van der Waals surface area contributed by atoms with Crippen molar-refractivity contribution < 1.29 is 18.7 Å². The molecule has 0 aliphatic rings. The van der Waals surface area contributed by atoms with Crippen molar-refractivity contribution in [1.82, 2.24) is 5.32 Å². The number of carbonyl (C=O) groups excluding carboxylic acids is 1. The van der Waals surface area contributed by atoms with Crippen LogP contribution >= 0.6 is 0 Å². The van der Waals surface area contributed by atoms with E-state index >= 15 is 0 Å². The van der Waals surface area contributed by atoms with E-state index < -0.39 is 23.8 Å². The van der Waals surface area contributed by atoms with E-state index in [1.54, 1.807) is 0 Å². The summed E-state index contributed by atoms with van der Waals surface area (Å²) >= 11 is 0. The molecule has 0 aliphatic heterocycles. The van der Waals surface area contributed by atoms with Gasteiger partial charge in [0, 0.05) is 12.6 Å². The zero-order valence-electron chi connectivity index (χ0n) is 8.63. The number of hydrogen-bond acceptors (Lipinski definition) is 2. The van der Waals surface area contributed by atoms with Crippen LogP contribution < -0.4 is 10.6 Å². The van der Waals surface area contributed by atoms with E-state index in [-0.39, 0.29) is 12.2 Å². The highest BCUT2D eigenvalue weighted by molar-refractivity contribution is 5.89. The number of amides is 2. The second-order valence-corrected chi connectivity index (χ2v) is 3.31. The number of anilines is 1. The molecule has 1 aromatic rings. The molecule has 88 valence electrons. The largest absolute Gasteiger partial charge is 0.392 e. The summed E-state index contributed by atoms with van der Waals surface area (Å²) in [5.74, 6) is -1.57. The highest BCUT2D eigenvalue weighted by Crippen LogP contribution is 2.14. The summed E-state index contributed by atoms with van der Waals surface area (Å²) < 4.78 is 25.6. The summed E-state index contributed by atoms with van der Waals surface area (Å²) in [7, 11) is 0. The number of rotatable bonds is 3. The number of aliphatic hydroxyl groups excluding tert-OH is 1. The molecule has 3 N–H and O–H groups in total. The molecule has 0 radical (unpaired) electrons. The third-order valence-corrected chi connectivity index (χ3v) is 1.74. The molecule has 0 fully saturated rings. The minimum Gasteiger partial charge on any atom is -0.392 e. The number of aliphatic hydroxyl groups is 1. The first kappa shape index (κ1) is 12.4. The average Bonchev–Trinajstić information content (AvgIpc) is 2.19. The van der Waals surface area contributed by atoms with Gasteiger partial charge in [-0.25, -0.2) is 13.6 Å². The molecule has 0 saturated heterocycles. The SMILES string of the molecule is C[C@@H](O)CNC(=O)Nc1ccc(F)cc1F. The minimum absolute atomic E-state index is 0.0502. The smallest absolute Gasteiger partial charge is 0.319 e. The van der Waals surface area contributed by atoms with Gasteiger partial charge in [-0.15, -0.1) is 0 Å². The topological polar surface area (TPSA) is 61.4 Å². The number of benzene rings is 1. The van der Waals surface area contributed by atoms with Gasteiger partial charge in [-0.2, -0.15) is 0 Å². The Balaban J connectivity index is 2.56. The van der Waals surface area contributed by atoms with Crippen molar-refractivity contribution in [2.24, 2.45) is 0 Å². The Bertz CT molecular complexity index is 383. The molecule has 6 heteroatoms. The van der Waals surface area contributed by atoms with Crippen LogP contribution in [0.5, 0.6) is 0 Å². The Kier molecular flexibility index (Phi) is 4.19. The molecule has 0 heterocycles. The molecule has 0 unspecified atom stereocenters. The van der Waals surface area contributed by atoms with Crippen LogP contribution in [0, 0.1) is 11.6 Å². The van der Waals surface area contributed by atoms with E-state index in [4.69, 9.17) is 5.11 Å². The van der Waals surface area contributed by atoms with Crippen molar-refractivity contribution in [2.75, 3.05) is 11.9 Å². The summed E-state index contributed by atoms with van der Waals surface area (Å²) in [6, 6.07) is 2.16. The Morgan fingerprint density at radius 2 is 2.19 bits per heavy atom. The third kappa shape index (κ3) is 3.82. The molecule has 2 amide bonds. The summed E-state index contributed by atoms with van der Waals surface area (Å²) in [5, 5.41) is 13.4. The Hall–Kier alpha value is -1.69. The van der Waals surface area contributed by atoms with Crippen molar-refractivity contribution in [2.45, 2.75) is 13.0 Å². The predicted molar refractivity (Wildman–Crippen MR) is 55.1 cm³/mol. The van der Waals surface area contributed by atoms with Crippen molar-refractivity contribution in [3.8, 4) is 0 Å². The Morgan fingerprint density at radius 1 is 1.50 bits per heavy atom. The van der Waals surface area contributed by atoms with Crippen LogP contribution in [-0.4, -0.2) is 23.8 Å². The van der Waals surface area contributed by atoms with Gasteiger partial charge in [0.15, 0.2) is 0 Å². The molecule has 1 atom stereocenters. The number of nitrogens with one attached hydrogen (secondary N) is 2. The van der Waals surface area contributed by atoms with E-state index in [9.17, 15) is 13.6 Å². The molecule has 0 saturated carbocycles. The summed E-state index contributed by atoms with van der Waals surface area (Å²) in [5.41, 5.74) is -0.121. The predicted octanol–water partition coefficient (Wildman–Crippen LogP) is 1.47. The lowest BCUT2D eigenvalue weighted by Crippen LogP contribution is -2.34. The van der Waals surface area contributed by atoms with Crippen LogP contribution in [0.2, 0.25) is 0 Å². The number of halogens is 2. The standard InChI is InChI=1S/C10H12F2N2O2/c1-6(15)5-13-10(16)14-9-3-2-7(11)4-8(9)12/h2-4,6,15H,5H2,1H3,(H2,13,14,16)/t6-/m1/s1. The van der Waals surface area contributed by atoms with Gasteiger partial charge in [-0.3, -0.25) is 0 Å². The van der Waals surface area contributed by atoms with Crippen LogP contribution in [0.25, 0.3) is 0 Å². The maximum Gasteiger partial charge on any atom is 0.319 e. The molecule has 1 aromatic carbocycles. The average molecular weight is 230 g/mol. The lowest BCUT2D eigenvalue weighted by molar-refractivity contribution is 0.190. The molecular formula is C10H12F2N2O2. The first-order valence-electron chi connectivity index (χ1n) is 4.67. The monoisotopic (exact) mass is 230 g/mol. The minimum atomic E-state index is -0.854. The zero-order chi connectivity index (χ0) is 12.1. The highest BCUT2D eigenvalue weighted by atomic mass is 19.1. The van der Waals surface area contributed by atoms with Crippen molar-refractivity contribution in [3.63, 3.8) is 0 Å². The first-order chi connectivity index (χ1) is 7.49. The van der Waals surface area contributed by atoms with Gasteiger partial charge < -0.3 is 15.7 Å². The second kappa shape index (κ2) is 5.41. The highest BCUT2D eigenvalue weighted by Gasteiger charge is 2.07. The summed E-state index contributed by atoms with van der Waals surface area (Å²) in [4.78, 5) is 11.2. The van der Waals surface area contributed by atoms with Crippen molar-refractivity contribution in [1.29, 1.82) is 0 Å². The number of urea groups is 1. The normalized spacial score (nSPS) is 12.0. The summed E-state index contributed by atoms with van der Waals surface area (Å²) in [6.07, 6.45) is -0.691. The quantitative estimate of drug-likeness (QED) is 0.736. The Morgan fingerprint density at radius 3 is 2.75 bits per heavy atom. The van der Waals surface area contributed by atoms with Gasteiger partial charge in [0.25, 0.3) is 0 Å². The van der Waals surface area contributed by atoms with Crippen LogP contribution in [0.4, 0.5) is 19.3 Å². The van der Waals surface area contributed by atoms with Gasteiger partial charge in [0.05, 0.1) is 11.8 Å². The molecule has 1 rings (SSSR count). The third-order valence-electron chi connectivity index (χ3n) is 1.74. The van der Waals surface area contributed by atoms with E-state index in [0.717, 1.165) is 12.1 Å². The van der Waals surface area contributed by atoms with Gasteiger partial charge in [0.2, 0.25) is 0 Å². The lowest BCUT2D eigenvalue weighted by Gasteiger charge is -2.09. The van der Waals surface area contributed by atoms with Crippen molar-refractivity contribution >= 4 is 11.7 Å². The molecule has 16 heavy (non-hydrogen) atoms. The molecule has 4 nitrogen and oxygen atoms in total. The Labute approximate surface area is 91.3 Å². The van der Waals surface area contributed by atoms with Crippen LogP contribution in [0.3, 0.4) is 0 Å². The number of carbonyl (C=O) groups is 1. The van der Waals surface area contributed by atoms with E-state index in [0.29, 0.717) is 6.07 Å². The lowest BCUT2D eigenvalue weighted by atomic mass is 10.3. The van der Waals surface area contributed by atoms with E-state index in [1.165, 1.54) is 6.92 Å². The zero-order valence-corrected chi connectivity index (χ0v) is 8.63. The van der Waals surface area contributed by atoms with E-state index in [1.807, 2.05) is 0 Å². The van der Waals surface area contributed by atoms with Gasteiger partial charge >= 0.3 is 6.03 Å². The van der Waals surface area contributed by atoms with Gasteiger partial charge in [-0.1, -0.05) is 0 Å².